The van der Waals surface area contributed by atoms with Crippen molar-refractivity contribution in [3.8, 4) is 0 Å². The highest BCUT2D eigenvalue weighted by Crippen LogP contribution is 2.18. The number of carbonyl (C=O) groups is 3. The molecule has 0 radical (unpaired) electrons. The first-order chi connectivity index (χ1) is 9.61. The average molecular weight is 283 g/mol. The van der Waals surface area contributed by atoms with Crippen molar-refractivity contribution in [2.45, 2.75) is 27.2 Å². The Labute approximate surface area is 120 Å². The molecule has 0 aromatic rings. The van der Waals surface area contributed by atoms with E-state index in [4.69, 9.17) is 0 Å². The molecule has 6 heteroatoms. The number of hydrogen-bond acceptors (Lipinski definition) is 4. The Kier molecular flexibility index (Phi) is 6.64. The zero-order valence-corrected chi connectivity index (χ0v) is 12.7. The lowest BCUT2D eigenvalue weighted by atomic mass is 10.1. The third kappa shape index (κ3) is 4.03. The Bertz CT molecular complexity index is 352. The van der Waals surface area contributed by atoms with Crippen molar-refractivity contribution < 1.29 is 14.4 Å². The van der Waals surface area contributed by atoms with Crippen molar-refractivity contribution in [3.05, 3.63) is 0 Å². The summed E-state index contributed by atoms with van der Waals surface area (Å²) in [5.74, 6) is -0.269. The minimum Gasteiger partial charge on any atom is -0.343 e. The topological polar surface area (TPSA) is 60.9 Å². The molecule has 2 aliphatic rings. The Morgan fingerprint density at radius 3 is 2.15 bits per heavy atom. The van der Waals surface area contributed by atoms with Crippen LogP contribution in [0.5, 0.6) is 0 Å². The second kappa shape index (κ2) is 7.99. The molecular weight excluding hydrogens is 258 g/mol. The third-order valence-corrected chi connectivity index (χ3v) is 3.67. The molecule has 1 unspecified atom stereocenters. The normalized spacial score (nSPS) is 23.6. The smallest absolute Gasteiger partial charge is 0.232 e. The molecule has 0 aliphatic carbocycles. The van der Waals surface area contributed by atoms with E-state index in [1.54, 1.807) is 11.8 Å². The van der Waals surface area contributed by atoms with Crippen LogP contribution in [0, 0.1) is 5.92 Å². The predicted octanol–water partition coefficient (Wildman–Crippen LogP) is 0.182. The van der Waals surface area contributed by atoms with E-state index in [1.165, 1.54) is 4.90 Å². The molecule has 0 N–H and O–H groups in total. The van der Waals surface area contributed by atoms with Crippen LogP contribution in [0.15, 0.2) is 0 Å². The molecule has 3 amide bonds. The summed E-state index contributed by atoms with van der Waals surface area (Å²) in [7, 11) is 0. The maximum atomic E-state index is 11.7. The molecule has 0 aromatic carbocycles. The van der Waals surface area contributed by atoms with E-state index >= 15 is 0 Å². The molecular formula is C14H25N3O3. The van der Waals surface area contributed by atoms with Crippen molar-refractivity contribution in [2.75, 3.05) is 39.3 Å². The SMILES string of the molecule is CC.CC1CC(=O)N(CCN2CCN(C=O)CC2)C1=O. The summed E-state index contributed by atoms with van der Waals surface area (Å²) >= 11 is 0. The van der Waals surface area contributed by atoms with Crippen molar-refractivity contribution in [2.24, 2.45) is 5.92 Å². The van der Waals surface area contributed by atoms with Crippen molar-refractivity contribution >= 4 is 18.2 Å². The molecule has 0 aromatic heterocycles. The largest absolute Gasteiger partial charge is 0.343 e. The fourth-order valence-corrected chi connectivity index (χ4v) is 2.42. The molecule has 0 saturated carbocycles. The molecule has 2 saturated heterocycles. The van der Waals surface area contributed by atoms with Gasteiger partial charge in [0.25, 0.3) is 0 Å². The van der Waals surface area contributed by atoms with Gasteiger partial charge in [0.1, 0.15) is 0 Å². The second-order valence-electron chi connectivity index (χ2n) is 4.97. The number of amides is 3. The number of hydrogen-bond donors (Lipinski definition) is 0. The van der Waals surface area contributed by atoms with Crippen LogP contribution in [0.2, 0.25) is 0 Å². The summed E-state index contributed by atoms with van der Waals surface area (Å²) in [5.41, 5.74) is 0. The average Bonchev–Trinajstić information content (AvgIpc) is 2.73. The Morgan fingerprint density at radius 2 is 1.70 bits per heavy atom. The molecule has 20 heavy (non-hydrogen) atoms. The van der Waals surface area contributed by atoms with Crippen LogP contribution >= 0.6 is 0 Å². The van der Waals surface area contributed by atoms with E-state index in [1.807, 2.05) is 13.8 Å². The summed E-state index contributed by atoms with van der Waals surface area (Å²) in [4.78, 5) is 39.2. The van der Waals surface area contributed by atoms with Gasteiger partial charge < -0.3 is 4.90 Å². The van der Waals surface area contributed by atoms with Gasteiger partial charge in [-0.2, -0.15) is 0 Å². The van der Waals surface area contributed by atoms with Gasteiger partial charge in [-0.1, -0.05) is 20.8 Å². The fourth-order valence-electron chi connectivity index (χ4n) is 2.42. The minimum atomic E-state index is -0.163. The molecule has 2 heterocycles. The van der Waals surface area contributed by atoms with Crippen molar-refractivity contribution in [1.29, 1.82) is 0 Å². The monoisotopic (exact) mass is 283 g/mol. The highest BCUT2D eigenvalue weighted by molar-refractivity contribution is 6.03. The van der Waals surface area contributed by atoms with Gasteiger partial charge in [0, 0.05) is 51.6 Å². The van der Waals surface area contributed by atoms with Gasteiger partial charge >= 0.3 is 0 Å². The van der Waals surface area contributed by atoms with E-state index in [0.717, 1.165) is 32.6 Å². The summed E-state index contributed by atoms with van der Waals surface area (Å²) in [5, 5.41) is 0. The maximum absolute atomic E-state index is 11.7. The van der Waals surface area contributed by atoms with Gasteiger partial charge in [0.05, 0.1) is 0 Å². The lowest BCUT2D eigenvalue weighted by Gasteiger charge is -2.33. The van der Waals surface area contributed by atoms with E-state index in [-0.39, 0.29) is 17.7 Å². The van der Waals surface area contributed by atoms with E-state index < -0.39 is 0 Å². The number of piperazine rings is 1. The molecule has 2 aliphatic heterocycles. The lowest BCUT2D eigenvalue weighted by Crippen LogP contribution is -2.48. The maximum Gasteiger partial charge on any atom is 0.232 e. The summed E-state index contributed by atoms with van der Waals surface area (Å²) in [6, 6.07) is 0. The van der Waals surface area contributed by atoms with Gasteiger partial charge in [-0.3, -0.25) is 24.2 Å². The molecule has 1 atom stereocenters. The molecule has 0 bridgehead atoms. The second-order valence-corrected chi connectivity index (χ2v) is 4.97. The molecule has 2 rings (SSSR count). The molecule has 114 valence electrons. The van der Waals surface area contributed by atoms with Crippen molar-refractivity contribution in [1.82, 2.24) is 14.7 Å². The van der Waals surface area contributed by atoms with Crippen LogP contribution in [0.3, 0.4) is 0 Å². The number of imide groups is 1. The first kappa shape index (κ1) is 16.6. The summed E-state index contributed by atoms with van der Waals surface area (Å²) < 4.78 is 0. The zero-order chi connectivity index (χ0) is 15.1. The van der Waals surface area contributed by atoms with Gasteiger partial charge in [-0.05, 0) is 0 Å². The molecule has 2 fully saturated rings. The minimum absolute atomic E-state index is 0.0495. The number of rotatable bonds is 4. The molecule has 0 spiro atoms. The highest BCUT2D eigenvalue weighted by Gasteiger charge is 2.35. The zero-order valence-electron chi connectivity index (χ0n) is 12.7. The van der Waals surface area contributed by atoms with Gasteiger partial charge in [-0.15, -0.1) is 0 Å². The predicted molar refractivity (Wildman–Crippen MR) is 75.9 cm³/mol. The van der Waals surface area contributed by atoms with Crippen LogP contribution in [-0.4, -0.2) is 72.2 Å². The van der Waals surface area contributed by atoms with Crippen LogP contribution in [-0.2, 0) is 14.4 Å². The number of nitrogens with zero attached hydrogens (tertiary/aromatic N) is 3. The van der Waals surface area contributed by atoms with E-state index in [0.29, 0.717) is 19.5 Å². The van der Waals surface area contributed by atoms with Crippen LogP contribution in [0.25, 0.3) is 0 Å². The van der Waals surface area contributed by atoms with Gasteiger partial charge in [0.2, 0.25) is 18.2 Å². The third-order valence-electron chi connectivity index (χ3n) is 3.67. The number of likely N-dealkylation sites (tertiary alicyclic amines) is 1. The summed E-state index contributed by atoms with van der Waals surface area (Å²) in [6.45, 7) is 10.0. The van der Waals surface area contributed by atoms with Crippen LogP contribution in [0.1, 0.15) is 27.2 Å². The van der Waals surface area contributed by atoms with Gasteiger partial charge in [0.15, 0.2) is 0 Å². The van der Waals surface area contributed by atoms with E-state index in [2.05, 4.69) is 4.90 Å². The number of carbonyl (C=O) groups excluding carboxylic acids is 3. The van der Waals surface area contributed by atoms with Crippen LogP contribution in [0.4, 0.5) is 0 Å². The highest BCUT2D eigenvalue weighted by atomic mass is 16.2. The lowest BCUT2D eigenvalue weighted by molar-refractivity contribution is -0.139. The Balaban J connectivity index is 0.000000956. The Morgan fingerprint density at radius 1 is 1.10 bits per heavy atom. The van der Waals surface area contributed by atoms with Crippen LogP contribution < -0.4 is 0 Å². The molecule has 6 nitrogen and oxygen atoms in total. The first-order valence-corrected chi connectivity index (χ1v) is 7.37. The quantitative estimate of drug-likeness (QED) is 0.545. The van der Waals surface area contributed by atoms with Gasteiger partial charge in [-0.25, -0.2) is 0 Å². The van der Waals surface area contributed by atoms with Crippen molar-refractivity contribution in [3.63, 3.8) is 0 Å². The Hall–Kier alpha value is -1.43. The first-order valence-electron chi connectivity index (χ1n) is 7.37. The van der Waals surface area contributed by atoms with E-state index in [9.17, 15) is 14.4 Å². The standard InChI is InChI=1S/C12H19N3O3.C2H6/c1-10-8-11(17)15(12(10)18)7-6-13-2-4-14(9-16)5-3-13;1-2/h9-10H,2-8H2,1H3;1-2H3. The summed E-state index contributed by atoms with van der Waals surface area (Å²) in [6.07, 6.45) is 1.21. The fraction of sp³-hybridized carbons (Fsp3) is 0.786.